The molecule has 0 atom stereocenters. The van der Waals surface area contributed by atoms with Crippen LogP contribution >= 0.6 is 11.8 Å². The van der Waals surface area contributed by atoms with Crippen LogP contribution in [0.4, 0.5) is 0 Å². The van der Waals surface area contributed by atoms with Gasteiger partial charge in [-0.05, 0) is 40.2 Å². The van der Waals surface area contributed by atoms with Crippen molar-refractivity contribution in [2.75, 3.05) is 0 Å². The second kappa shape index (κ2) is 5.38. The van der Waals surface area contributed by atoms with Crippen LogP contribution in [0.1, 0.15) is 5.56 Å². The van der Waals surface area contributed by atoms with Crippen molar-refractivity contribution in [1.82, 2.24) is 9.97 Å². The fraction of sp³-hybridized carbons (Fsp3) is 0.0667. The van der Waals surface area contributed by atoms with Gasteiger partial charge in [0, 0.05) is 23.8 Å². The van der Waals surface area contributed by atoms with Gasteiger partial charge in [-0.2, -0.15) is 0 Å². The molecule has 0 fully saturated rings. The van der Waals surface area contributed by atoms with Crippen molar-refractivity contribution >= 4 is 22.5 Å². The van der Waals surface area contributed by atoms with Crippen molar-refractivity contribution in [3.63, 3.8) is 0 Å². The van der Waals surface area contributed by atoms with Gasteiger partial charge >= 0.3 is 0 Å². The molecule has 0 saturated carbocycles. The largest absolute Gasteiger partial charge is 0.326 e. The molecule has 0 aliphatic heterocycles. The summed E-state index contributed by atoms with van der Waals surface area (Å²) in [4.78, 5) is 9.65. The SMILES string of the molecule is NCc1ccc(Sc2ncccn2)c2ccccc12. The van der Waals surface area contributed by atoms with Crippen LogP contribution < -0.4 is 5.73 Å². The van der Waals surface area contributed by atoms with Crippen molar-refractivity contribution in [3.05, 3.63) is 60.4 Å². The maximum atomic E-state index is 5.79. The van der Waals surface area contributed by atoms with E-state index in [2.05, 4.69) is 34.2 Å². The molecule has 3 nitrogen and oxygen atoms in total. The van der Waals surface area contributed by atoms with Crippen molar-refractivity contribution in [2.24, 2.45) is 5.73 Å². The minimum atomic E-state index is 0.549. The van der Waals surface area contributed by atoms with Gasteiger partial charge < -0.3 is 5.73 Å². The first-order valence-corrected chi connectivity index (χ1v) is 6.85. The lowest BCUT2D eigenvalue weighted by atomic mass is 10.0. The van der Waals surface area contributed by atoms with Gasteiger partial charge in [-0.15, -0.1) is 0 Å². The molecule has 0 unspecified atom stereocenters. The summed E-state index contributed by atoms with van der Waals surface area (Å²) in [7, 11) is 0. The van der Waals surface area contributed by atoms with E-state index in [-0.39, 0.29) is 0 Å². The molecule has 3 aromatic rings. The van der Waals surface area contributed by atoms with Gasteiger partial charge in [0.05, 0.1) is 0 Å². The number of hydrogen-bond acceptors (Lipinski definition) is 4. The molecule has 2 N–H and O–H groups in total. The summed E-state index contributed by atoms with van der Waals surface area (Å²) >= 11 is 1.57. The number of benzene rings is 2. The van der Waals surface area contributed by atoms with Gasteiger partial charge in [0.25, 0.3) is 0 Å². The summed E-state index contributed by atoms with van der Waals surface area (Å²) in [5.41, 5.74) is 6.95. The van der Waals surface area contributed by atoms with E-state index in [0.29, 0.717) is 6.54 Å². The maximum Gasteiger partial charge on any atom is 0.192 e. The van der Waals surface area contributed by atoms with E-state index in [0.717, 1.165) is 15.6 Å². The fourth-order valence-corrected chi connectivity index (χ4v) is 2.89. The van der Waals surface area contributed by atoms with Gasteiger partial charge in [0.1, 0.15) is 0 Å². The molecule has 1 heterocycles. The monoisotopic (exact) mass is 267 g/mol. The molecule has 94 valence electrons. The summed E-state index contributed by atoms with van der Waals surface area (Å²) < 4.78 is 0. The highest BCUT2D eigenvalue weighted by Crippen LogP contribution is 2.32. The molecule has 1 aromatic heterocycles. The van der Waals surface area contributed by atoms with Crippen LogP contribution in [0.3, 0.4) is 0 Å². The van der Waals surface area contributed by atoms with Crippen LogP contribution in [0, 0.1) is 0 Å². The Labute approximate surface area is 115 Å². The van der Waals surface area contributed by atoms with Gasteiger partial charge in [-0.1, -0.05) is 30.3 Å². The summed E-state index contributed by atoms with van der Waals surface area (Å²) in [5.74, 6) is 0. The smallest absolute Gasteiger partial charge is 0.192 e. The number of hydrogen-bond donors (Lipinski definition) is 1. The maximum absolute atomic E-state index is 5.79. The summed E-state index contributed by atoms with van der Waals surface area (Å²) in [6.45, 7) is 0.549. The molecule has 0 saturated heterocycles. The lowest BCUT2D eigenvalue weighted by Gasteiger charge is -2.09. The Morgan fingerprint density at radius 1 is 0.895 bits per heavy atom. The number of nitrogens with two attached hydrogens (primary N) is 1. The van der Waals surface area contributed by atoms with Crippen LogP contribution in [-0.2, 0) is 6.54 Å². The Morgan fingerprint density at radius 3 is 2.37 bits per heavy atom. The van der Waals surface area contributed by atoms with Gasteiger partial charge in [-0.3, -0.25) is 0 Å². The highest BCUT2D eigenvalue weighted by Gasteiger charge is 2.07. The van der Waals surface area contributed by atoms with Crippen molar-refractivity contribution in [1.29, 1.82) is 0 Å². The highest BCUT2D eigenvalue weighted by molar-refractivity contribution is 7.99. The molecular weight excluding hydrogens is 254 g/mol. The zero-order valence-electron chi connectivity index (χ0n) is 10.3. The van der Waals surface area contributed by atoms with Crippen LogP contribution in [0.25, 0.3) is 10.8 Å². The van der Waals surface area contributed by atoms with E-state index in [9.17, 15) is 0 Å². The Kier molecular flexibility index (Phi) is 3.44. The predicted molar refractivity (Wildman–Crippen MR) is 78.0 cm³/mol. The lowest BCUT2D eigenvalue weighted by molar-refractivity contribution is 0.967. The Balaban J connectivity index is 2.10. The third-order valence-electron chi connectivity index (χ3n) is 2.94. The molecule has 0 amide bonds. The van der Waals surface area contributed by atoms with Crippen molar-refractivity contribution in [3.8, 4) is 0 Å². The molecular formula is C15H13N3S. The number of fused-ring (bicyclic) bond motifs is 1. The third-order valence-corrected chi connectivity index (χ3v) is 3.91. The van der Waals surface area contributed by atoms with E-state index < -0.39 is 0 Å². The van der Waals surface area contributed by atoms with Crippen LogP contribution in [0.15, 0.2) is 64.9 Å². The predicted octanol–water partition coefficient (Wildman–Crippen LogP) is 3.24. The van der Waals surface area contributed by atoms with Gasteiger partial charge in [0.2, 0.25) is 0 Å². The first kappa shape index (κ1) is 12.1. The second-order valence-corrected chi connectivity index (χ2v) is 5.12. The van der Waals surface area contributed by atoms with Crippen LogP contribution in [-0.4, -0.2) is 9.97 Å². The normalized spacial score (nSPS) is 10.8. The van der Waals surface area contributed by atoms with Crippen molar-refractivity contribution < 1.29 is 0 Å². The standard InChI is InChI=1S/C15H13N3S/c16-10-11-6-7-14(13-5-2-1-4-12(11)13)19-15-17-8-3-9-18-15/h1-9H,10,16H2. The first-order chi connectivity index (χ1) is 9.38. The quantitative estimate of drug-likeness (QED) is 0.740. The summed E-state index contributed by atoms with van der Waals surface area (Å²) in [6, 6.07) is 14.3. The third kappa shape index (κ3) is 2.45. The first-order valence-electron chi connectivity index (χ1n) is 6.04. The number of nitrogens with zero attached hydrogens (tertiary/aromatic N) is 2. The summed E-state index contributed by atoms with van der Waals surface area (Å²) in [5, 5.41) is 3.15. The molecule has 0 spiro atoms. The number of rotatable bonds is 3. The Morgan fingerprint density at radius 2 is 1.63 bits per heavy atom. The average Bonchev–Trinajstić information content (AvgIpc) is 2.49. The van der Waals surface area contributed by atoms with E-state index >= 15 is 0 Å². The molecule has 0 radical (unpaired) electrons. The molecule has 0 aliphatic carbocycles. The van der Waals surface area contributed by atoms with Crippen molar-refractivity contribution in [2.45, 2.75) is 16.6 Å². The average molecular weight is 267 g/mol. The van der Waals surface area contributed by atoms with E-state index in [1.165, 1.54) is 10.8 Å². The molecule has 0 aliphatic rings. The minimum Gasteiger partial charge on any atom is -0.326 e. The molecule has 2 aromatic carbocycles. The van der Waals surface area contributed by atoms with Crippen LogP contribution in [0.5, 0.6) is 0 Å². The molecule has 0 bridgehead atoms. The summed E-state index contributed by atoms with van der Waals surface area (Å²) in [6.07, 6.45) is 3.51. The van der Waals surface area contributed by atoms with E-state index in [1.807, 2.05) is 18.2 Å². The molecule has 4 heteroatoms. The Hall–Kier alpha value is -1.91. The molecule has 3 rings (SSSR count). The van der Waals surface area contributed by atoms with Gasteiger partial charge in [0.15, 0.2) is 5.16 Å². The Bertz CT molecular complexity index is 698. The number of aromatic nitrogens is 2. The fourth-order valence-electron chi connectivity index (χ4n) is 2.04. The van der Waals surface area contributed by atoms with E-state index in [4.69, 9.17) is 5.73 Å². The topological polar surface area (TPSA) is 51.8 Å². The zero-order valence-corrected chi connectivity index (χ0v) is 11.1. The van der Waals surface area contributed by atoms with Gasteiger partial charge in [-0.25, -0.2) is 9.97 Å². The molecule has 19 heavy (non-hydrogen) atoms. The second-order valence-electron chi connectivity index (χ2n) is 4.11. The minimum absolute atomic E-state index is 0.549. The van der Waals surface area contributed by atoms with Crippen LogP contribution in [0.2, 0.25) is 0 Å². The lowest BCUT2D eigenvalue weighted by Crippen LogP contribution is -1.97. The zero-order chi connectivity index (χ0) is 13.1. The highest BCUT2D eigenvalue weighted by atomic mass is 32.2. The van der Waals surface area contributed by atoms with E-state index in [1.54, 1.807) is 24.2 Å².